The van der Waals surface area contributed by atoms with Gasteiger partial charge in [0, 0.05) is 11.4 Å². The maximum atomic E-state index is 12.1. The Balaban J connectivity index is 0.000000406. The van der Waals surface area contributed by atoms with Gasteiger partial charge in [-0.15, -0.1) is 0 Å². The van der Waals surface area contributed by atoms with E-state index in [9.17, 15) is 18.0 Å². The number of aryl methyl sites for hydroxylation is 2. The molecule has 2 heterocycles. The lowest BCUT2D eigenvalue weighted by atomic mass is 9.98. The van der Waals surface area contributed by atoms with Crippen molar-refractivity contribution in [2.75, 3.05) is 17.7 Å². The zero-order valence-electron chi connectivity index (χ0n) is 17.6. The number of carbonyl (C=O) groups is 2. The van der Waals surface area contributed by atoms with E-state index in [1.54, 1.807) is 18.3 Å². The second-order valence-electron chi connectivity index (χ2n) is 7.01. The fraction of sp³-hybridized carbons (Fsp3) is 0.182. The van der Waals surface area contributed by atoms with Crippen molar-refractivity contribution in [3.63, 3.8) is 0 Å². The molecule has 1 aliphatic rings. The van der Waals surface area contributed by atoms with Crippen molar-refractivity contribution < 1.29 is 32.6 Å². The topological polar surface area (TPSA) is 113 Å². The van der Waals surface area contributed by atoms with Crippen molar-refractivity contribution in [2.24, 2.45) is 0 Å². The number of nitrogens with one attached hydrogen (secondary N) is 2. The summed E-state index contributed by atoms with van der Waals surface area (Å²) in [7, 11) is 1.39. The van der Waals surface area contributed by atoms with Crippen LogP contribution in [0.4, 0.5) is 36.3 Å². The minimum Gasteiger partial charge on any atom is -0.475 e. The molecule has 1 aromatic heterocycles. The average molecular weight is 495 g/mol. The van der Waals surface area contributed by atoms with Gasteiger partial charge in [-0.1, -0.05) is 23.7 Å². The Morgan fingerprint density at radius 3 is 2.47 bits per heavy atom. The van der Waals surface area contributed by atoms with Gasteiger partial charge in [-0.05, 0) is 54.3 Å². The number of carbonyl (C=O) groups excluding carboxylic acids is 1. The summed E-state index contributed by atoms with van der Waals surface area (Å²) < 4.78 is 36.7. The zero-order chi connectivity index (χ0) is 24.9. The van der Waals surface area contributed by atoms with Gasteiger partial charge in [-0.25, -0.2) is 14.6 Å². The maximum Gasteiger partial charge on any atom is 0.490 e. The molecule has 4 rings (SSSR count). The number of carboxylic acids is 1. The lowest BCUT2D eigenvalue weighted by Crippen LogP contribution is -2.21. The van der Waals surface area contributed by atoms with E-state index < -0.39 is 12.1 Å². The SMILES string of the molecule is COC(=O)c1ccc2cc1CCc1cccc(c1)Nc1ncc(Cl)c(n1)N2.O=C(O)C(F)(F)F. The van der Waals surface area contributed by atoms with Crippen LogP contribution in [0, 0.1) is 0 Å². The van der Waals surface area contributed by atoms with Crippen LogP contribution in [-0.2, 0) is 22.4 Å². The molecule has 12 heteroatoms. The Bertz CT molecular complexity index is 1220. The van der Waals surface area contributed by atoms with E-state index in [0.717, 1.165) is 28.9 Å². The molecule has 0 saturated heterocycles. The minimum absolute atomic E-state index is 0.348. The number of benzene rings is 2. The summed E-state index contributed by atoms with van der Waals surface area (Å²) in [4.78, 5) is 29.7. The summed E-state index contributed by atoms with van der Waals surface area (Å²) in [5.41, 5.74) is 4.27. The Kier molecular flexibility index (Phi) is 7.57. The van der Waals surface area contributed by atoms with Crippen LogP contribution in [0.3, 0.4) is 0 Å². The first-order valence-electron chi connectivity index (χ1n) is 9.73. The number of alkyl halides is 3. The van der Waals surface area contributed by atoms with Gasteiger partial charge in [-0.2, -0.15) is 18.2 Å². The molecular weight excluding hydrogens is 477 g/mol. The summed E-state index contributed by atoms with van der Waals surface area (Å²) in [6.07, 6.45) is -2.06. The van der Waals surface area contributed by atoms with E-state index in [4.69, 9.17) is 26.2 Å². The van der Waals surface area contributed by atoms with Gasteiger partial charge in [0.15, 0.2) is 5.82 Å². The van der Waals surface area contributed by atoms with E-state index >= 15 is 0 Å². The molecule has 0 atom stereocenters. The zero-order valence-corrected chi connectivity index (χ0v) is 18.4. The minimum atomic E-state index is -5.08. The molecule has 0 amide bonds. The number of ether oxygens (including phenoxy) is 1. The summed E-state index contributed by atoms with van der Waals surface area (Å²) in [5, 5.41) is 13.9. The number of aliphatic carboxylic acids is 1. The monoisotopic (exact) mass is 494 g/mol. The van der Waals surface area contributed by atoms with Gasteiger partial charge in [-0.3, -0.25) is 0 Å². The molecule has 0 radical (unpaired) electrons. The van der Waals surface area contributed by atoms with E-state index in [1.165, 1.54) is 7.11 Å². The molecule has 2 aromatic carbocycles. The quantitative estimate of drug-likeness (QED) is 0.399. The third-order valence-electron chi connectivity index (χ3n) is 4.63. The standard InChI is InChI=1S/C20H17ClN4O2.C2HF3O2/c1-27-19(26)16-8-7-15-10-13(16)6-5-12-3-2-4-14(9-12)24-20-22-11-17(21)18(23-15)25-20;3-2(4,5)1(6)7/h2-4,7-11H,5-6H2,1H3,(H2,22,23,24,25);(H,6,7). The van der Waals surface area contributed by atoms with Gasteiger partial charge in [0.1, 0.15) is 5.02 Å². The van der Waals surface area contributed by atoms with Crippen LogP contribution in [-0.4, -0.2) is 40.3 Å². The molecule has 0 spiro atoms. The van der Waals surface area contributed by atoms with Crippen molar-refractivity contribution >= 4 is 46.7 Å². The Hall–Kier alpha value is -3.86. The highest BCUT2D eigenvalue weighted by Crippen LogP contribution is 2.28. The van der Waals surface area contributed by atoms with Crippen molar-refractivity contribution in [3.05, 3.63) is 70.4 Å². The molecule has 34 heavy (non-hydrogen) atoms. The highest BCUT2D eigenvalue weighted by Gasteiger charge is 2.38. The summed E-state index contributed by atoms with van der Waals surface area (Å²) in [6, 6.07) is 13.5. The molecule has 0 fully saturated rings. The van der Waals surface area contributed by atoms with Crippen LogP contribution >= 0.6 is 11.6 Å². The number of hydrogen-bond acceptors (Lipinski definition) is 7. The number of esters is 1. The van der Waals surface area contributed by atoms with Gasteiger partial charge < -0.3 is 20.5 Å². The third kappa shape index (κ3) is 6.35. The van der Waals surface area contributed by atoms with E-state index in [-0.39, 0.29) is 5.97 Å². The largest absolute Gasteiger partial charge is 0.490 e. The molecule has 0 aliphatic carbocycles. The first-order valence-corrected chi connectivity index (χ1v) is 10.1. The molecule has 3 aromatic rings. The normalized spacial score (nSPS) is 12.3. The number of fused-ring (bicyclic) bond motifs is 6. The number of hydrogen-bond donors (Lipinski definition) is 3. The lowest BCUT2D eigenvalue weighted by Gasteiger charge is -2.12. The first kappa shape index (κ1) is 24.8. The van der Waals surface area contributed by atoms with Crippen molar-refractivity contribution in [2.45, 2.75) is 19.0 Å². The number of methoxy groups -OCH3 is 1. The first-order chi connectivity index (χ1) is 16.1. The van der Waals surface area contributed by atoms with Crippen LogP contribution in [0.5, 0.6) is 0 Å². The summed E-state index contributed by atoms with van der Waals surface area (Å²) in [5.74, 6) is -2.17. The predicted octanol–water partition coefficient (Wildman–Crippen LogP) is 5.14. The number of anilines is 4. The van der Waals surface area contributed by atoms with Gasteiger partial charge in [0.2, 0.25) is 5.95 Å². The molecule has 0 unspecified atom stereocenters. The maximum absolute atomic E-state index is 12.1. The highest BCUT2D eigenvalue weighted by molar-refractivity contribution is 6.32. The van der Waals surface area contributed by atoms with Crippen molar-refractivity contribution in [3.8, 4) is 0 Å². The smallest absolute Gasteiger partial charge is 0.475 e. The molecule has 3 N–H and O–H groups in total. The van der Waals surface area contributed by atoms with Gasteiger partial charge in [0.05, 0.1) is 18.9 Å². The number of aromatic nitrogens is 2. The van der Waals surface area contributed by atoms with Crippen molar-refractivity contribution in [1.29, 1.82) is 0 Å². The number of nitrogens with zero attached hydrogens (tertiary/aromatic N) is 2. The van der Waals surface area contributed by atoms with Crippen molar-refractivity contribution in [1.82, 2.24) is 9.97 Å². The van der Waals surface area contributed by atoms with Crippen LogP contribution in [0.1, 0.15) is 21.5 Å². The number of rotatable bonds is 1. The average Bonchev–Trinajstić information content (AvgIpc) is 2.79. The molecule has 0 saturated carbocycles. The predicted molar refractivity (Wildman–Crippen MR) is 119 cm³/mol. The summed E-state index contributed by atoms with van der Waals surface area (Å²) >= 11 is 6.25. The van der Waals surface area contributed by atoms with E-state index in [0.29, 0.717) is 28.8 Å². The van der Waals surface area contributed by atoms with Crippen LogP contribution in [0.2, 0.25) is 5.02 Å². The second kappa shape index (κ2) is 10.4. The van der Waals surface area contributed by atoms with Gasteiger partial charge >= 0.3 is 18.1 Å². The van der Waals surface area contributed by atoms with Crippen LogP contribution in [0.25, 0.3) is 0 Å². The van der Waals surface area contributed by atoms with E-state index in [2.05, 4.69) is 26.7 Å². The lowest BCUT2D eigenvalue weighted by molar-refractivity contribution is -0.192. The van der Waals surface area contributed by atoms with Gasteiger partial charge in [0.25, 0.3) is 0 Å². The Labute approximate surface area is 196 Å². The molecule has 1 aliphatic heterocycles. The number of halogens is 4. The fourth-order valence-electron chi connectivity index (χ4n) is 3.05. The molecular formula is C22H18ClF3N4O4. The Morgan fingerprint density at radius 1 is 1.09 bits per heavy atom. The number of carboxylic acid groups (broad SMARTS) is 1. The molecule has 6 bridgehead atoms. The van der Waals surface area contributed by atoms with Crippen LogP contribution < -0.4 is 10.6 Å². The molecule has 8 nitrogen and oxygen atoms in total. The molecule has 178 valence electrons. The van der Waals surface area contributed by atoms with Crippen LogP contribution in [0.15, 0.2) is 48.7 Å². The highest BCUT2D eigenvalue weighted by atomic mass is 35.5. The third-order valence-corrected chi connectivity index (χ3v) is 4.90. The van der Waals surface area contributed by atoms with E-state index in [1.807, 2.05) is 24.3 Å². The second-order valence-corrected chi connectivity index (χ2v) is 7.41. The Morgan fingerprint density at radius 2 is 1.79 bits per heavy atom. The fourth-order valence-corrected chi connectivity index (χ4v) is 3.19. The summed E-state index contributed by atoms with van der Waals surface area (Å²) in [6.45, 7) is 0.